The maximum absolute atomic E-state index is 4.81. The zero-order valence-electron chi connectivity index (χ0n) is 11.6. The maximum Gasteiger partial charge on any atom is 0.161 e. The molecule has 1 aliphatic rings. The Hall–Kier alpha value is -0.970. The maximum atomic E-state index is 4.81. The monoisotopic (exact) mass is 266 g/mol. The quantitative estimate of drug-likeness (QED) is 0.910. The second-order valence-electron chi connectivity index (χ2n) is 5.29. The third kappa shape index (κ3) is 3.07. The Morgan fingerprint density at radius 1 is 1.56 bits per heavy atom. The Bertz CT molecular complexity index is 438. The first-order valence-corrected chi connectivity index (χ1v) is 7.55. The molecule has 0 bridgehead atoms. The third-order valence-electron chi connectivity index (χ3n) is 3.39. The van der Waals surface area contributed by atoms with Crippen LogP contribution in [0.3, 0.4) is 0 Å². The van der Waals surface area contributed by atoms with Crippen molar-refractivity contribution in [3.8, 4) is 0 Å². The molecule has 0 radical (unpaired) electrons. The van der Waals surface area contributed by atoms with Crippen LogP contribution in [0.15, 0.2) is 17.4 Å². The number of anilines is 1. The fourth-order valence-electron chi connectivity index (χ4n) is 1.83. The van der Waals surface area contributed by atoms with Gasteiger partial charge in [-0.05, 0) is 33.6 Å². The lowest BCUT2D eigenvalue weighted by molar-refractivity contribution is 0.443. The van der Waals surface area contributed by atoms with E-state index in [1.54, 1.807) is 11.8 Å². The molecule has 1 aliphatic heterocycles. The van der Waals surface area contributed by atoms with Crippen molar-refractivity contribution in [1.82, 2.24) is 9.78 Å². The van der Waals surface area contributed by atoms with E-state index >= 15 is 0 Å². The topological polar surface area (TPSA) is 42.2 Å². The molecule has 0 aliphatic carbocycles. The summed E-state index contributed by atoms with van der Waals surface area (Å²) in [6.45, 7) is 8.68. The Balaban J connectivity index is 2.08. The van der Waals surface area contributed by atoms with E-state index in [4.69, 9.17) is 4.99 Å². The summed E-state index contributed by atoms with van der Waals surface area (Å²) >= 11 is 1.80. The molecular formula is C13H22N4S. The summed E-state index contributed by atoms with van der Waals surface area (Å²) in [6.07, 6.45) is 6.14. The van der Waals surface area contributed by atoms with Gasteiger partial charge in [0, 0.05) is 18.0 Å². The molecule has 1 atom stereocenters. The fourth-order valence-corrected chi connectivity index (χ4v) is 3.04. The van der Waals surface area contributed by atoms with Crippen LogP contribution in [-0.2, 0) is 0 Å². The lowest BCUT2D eigenvalue weighted by atomic mass is 9.97. The van der Waals surface area contributed by atoms with E-state index in [0.29, 0.717) is 6.04 Å². The summed E-state index contributed by atoms with van der Waals surface area (Å²) < 4.78 is 1.95. The average molecular weight is 266 g/mol. The Labute approximate surface area is 113 Å². The van der Waals surface area contributed by atoms with Crippen LogP contribution >= 0.6 is 11.8 Å². The molecule has 1 aromatic heterocycles. The molecule has 0 aromatic carbocycles. The minimum Gasteiger partial charge on any atom is -0.332 e. The van der Waals surface area contributed by atoms with Crippen molar-refractivity contribution in [1.29, 1.82) is 0 Å². The Morgan fingerprint density at radius 3 is 2.94 bits per heavy atom. The summed E-state index contributed by atoms with van der Waals surface area (Å²) in [7, 11) is 0. The van der Waals surface area contributed by atoms with Gasteiger partial charge < -0.3 is 5.32 Å². The predicted molar refractivity (Wildman–Crippen MR) is 79.4 cm³/mol. The van der Waals surface area contributed by atoms with Gasteiger partial charge in [0.15, 0.2) is 5.17 Å². The van der Waals surface area contributed by atoms with Gasteiger partial charge in [0.2, 0.25) is 0 Å². The van der Waals surface area contributed by atoms with Crippen molar-refractivity contribution < 1.29 is 0 Å². The van der Waals surface area contributed by atoms with E-state index < -0.39 is 0 Å². The van der Waals surface area contributed by atoms with Crippen LogP contribution in [-0.4, -0.2) is 26.2 Å². The standard InChI is InChI=1S/C13H22N4S/c1-5-13(4)6-7-18-12(16-13)15-11-8-14-17(9-11)10(2)3/h8-10H,5-7H2,1-4H3,(H,15,16). The van der Waals surface area contributed by atoms with E-state index in [1.165, 1.54) is 0 Å². The highest BCUT2D eigenvalue weighted by Crippen LogP contribution is 2.29. The van der Waals surface area contributed by atoms with E-state index in [2.05, 4.69) is 38.1 Å². The minimum absolute atomic E-state index is 0.0988. The Kier molecular flexibility index (Phi) is 4.00. The van der Waals surface area contributed by atoms with Crippen molar-refractivity contribution >= 4 is 22.6 Å². The smallest absolute Gasteiger partial charge is 0.161 e. The first-order chi connectivity index (χ1) is 8.52. The van der Waals surface area contributed by atoms with Crippen LogP contribution in [0.25, 0.3) is 0 Å². The summed E-state index contributed by atoms with van der Waals surface area (Å²) in [6, 6.07) is 0.391. The van der Waals surface area contributed by atoms with Gasteiger partial charge in [0.1, 0.15) is 0 Å². The number of hydrogen-bond donors (Lipinski definition) is 1. The first-order valence-electron chi connectivity index (χ1n) is 6.56. The molecule has 0 fully saturated rings. The molecule has 4 nitrogen and oxygen atoms in total. The molecule has 1 unspecified atom stereocenters. The number of amidine groups is 1. The number of rotatable bonds is 3. The highest BCUT2D eigenvalue weighted by Gasteiger charge is 2.26. The van der Waals surface area contributed by atoms with E-state index in [-0.39, 0.29) is 5.54 Å². The summed E-state index contributed by atoms with van der Waals surface area (Å²) in [5, 5.41) is 8.72. The number of aliphatic imine (C=N–C) groups is 1. The predicted octanol–water partition coefficient (Wildman–Crippen LogP) is 3.54. The van der Waals surface area contributed by atoms with E-state index in [9.17, 15) is 0 Å². The highest BCUT2D eigenvalue weighted by atomic mass is 32.2. The second kappa shape index (κ2) is 5.34. The normalized spacial score (nSPS) is 24.2. The second-order valence-corrected chi connectivity index (χ2v) is 6.38. The molecule has 18 heavy (non-hydrogen) atoms. The van der Waals surface area contributed by atoms with Crippen LogP contribution < -0.4 is 5.32 Å². The number of nitrogens with zero attached hydrogens (tertiary/aromatic N) is 3. The molecule has 1 aromatic rings. The molecule has 0 amide bonds. The molecule has 0 saturated heterocycles. The van der Waals surface area contributed by atoms with Gasteiger partial charge in [-0.3, -0.25) is 9.67 Å². The lowest BCUT2D eigenvalue weighted by Crippen LogP contribution is -2.29. The van der Waals surface area contributed by atoms with Crippen LogP contribution in [0.4, 0.5) is 5.69 Å². The first kappa shape index (κ1) is 13.5. The number of thioether (sulfide) groups is 1. The van der Waals surface area contributed by atoms with Gasteiger partial charge in [0.25, 0.3) is 0 Å². The van der Waals surface area contributed by atoms with E-state index in [1.807, 2.05) is 17.1 Å². The minimum atomic E-state index is 0.0988. The molecule has 5 heteroatoms. The van der Waals surface area contributed by atoms with Gasteiger partial charge in [-0.25, -0.2) is 0 Å². The summed E-state index contributed by atoms with van der Waals surface area (Å²) in [5.74, 6) is 1.13. The zero-order valence-corrected chi connectivity index (χ0v) is 12.4. The van der Waals surface area contributed by atoms with Crippen molar-refractivity contribution in [3.05, 3.63) is 12.4 Å². The van der Waals surface area contributed by atoms with Crippen LogP contribution in [0.5, 0.6) is 0 Å². The van der Waals surface area contributed by atoms with Gasteiger partial charge in [0.05, 0.1) is 17.4 Å². The highest BCUT2D eigenvalue weighted by molar-refractivity contribution is 8.14. The summed E-state index contributed by atoms with van der Waals surface area (Å²) in [5.41, 5.74) is 1.12. The molecule has 2 heterocycles. The molecule has 1 N–H and O–H groups in total. The van der Waals surface area contributed by atoms with Crippen LogP contribution in [0.2, 0.25) is 0 Å². The summed E-state index contributed by atoms with van der Waals surface area (Å²) in [4.78, 5) is 4.81. The third-order valence-corrected chi connectivity index (χ3v) is 4.27. The Morgan fingerprint density at radius 2 is 2.33 bits per heavy atom. The van der Waals surface area contributed by atoms with Crippen molar-refractivity contribution in [3.63, 3.8) is 0 Å². The molecular weight excluding hydrogens is 244 g/mol. The van der Waals surface area contributed by atoms with Gasteiger partial charge in [-0.2, -0.15) is 5.10 Å². The van der Waals surface area contributed by atoms with Gasteiger partial charge in [-0.15, -0.1) is 0 Å². The van der Waals surface area contributed by atoms with Crippen molar-refractivity contribution in [2.45, 2.75) is 52.1 Å². The molecule has 0 spiro atoms. The van der Waals surface area contributed by atoms with Crippen molar-refractivity contribution in [2.75, 3.05) is 11.1 Å². The van der Waals surface area contributed by atoms with E-state index in [0.717, 1.165) is 29.4 Å². The average Bonchev–Trinajstić information content (AvgIpc) is 2.78. The lowest BCUT2D eigenvalue weighted by Gasteiger charge is -2.29. The number of nitrogens with one attached hydrogen (secondary N) is 1. The van der Waals surface area contributed by atoms with Crippen LogP contribution in [0.1, 0.15) is 46.6 Å². The number of hydrogen-bond acceptors (Lipinski definition) is 4. The van der Waals surface area contributed by atoms with Crippen LogP contribution in [0, 0.1) is 0 Å². The largest absolute Gasteiger partial charge is 0.332 e. The van der Waals surface area contributed by atoms with Gasteiger partial charge >= 0.3 is 0 Å². The SMILES string of the molecule is CCC1(C)CCSC(Nc2cnn(C(C)C)c2)=N1. The number of aromatic nitrogens is 2. The molecule has 100 valence electrons. The molecule has 0 saturated carbocycles. The fraction of sp³-hybridized carbons (Fsp3) is 0.692. The zero-order chi connectivity index (χ0) is 13.2. The van der Waals surface area contributed by atoms with Gasteiger partial charge in [-0.1, -0.05) is 18.7 Å². The molecule has 2 rings (SSSR count). The van der Waals surface area contributed by atoms with Crippen molar-refractivity contribution in [2.24, 2.45) is 4.99 Å².